The Bertz CT molecular complexity index is 805. The van der Waals surface area contributed by atoms with Crippen molar-refractivity contribution in [3.63, 3.8) is 0 Å². The van der Waals surface area contributed by atoms with Crippen LogP contribution in [0.1, 0.15) is 31.1 Å². The van der Waals surface area contributed by atoms with Crippen LogP contribution < -0.4 is 0 Å². The smallest absolute Gasteiger partial charge is 0.231 e. The molecule has 0 aliphatic carbocycles. The molecule has 1 atom stereocenters. The van der Waals surface area contributed by atoms with Gasteiger partial charge in [-0.1, -0.05) is 35.5 Å². The average Bonchev–Trinajstić information content (AvgIpc) is 3.13. The van der Waals surface area contributed by atoms with Crippen molar-refractivity contribution >= 4 is 10.0 Å². The summed E-state index contributed by atoms with van der Waals surface area (Å²) < 4.78 is 30.5. The molecule has 0 radical (unpaired) electrons. The Morgan fingerprint density at radius 3 is 2.77 bits per heavy atom. The molecule has 2 heterocycles. The van der Waals surface area contributed by atoms with Gasteiger partial charge in [0.2, 0.25) is 21.7 Å². The van der Waals surface area contributed by atoms with E-state index >= 15 is 0 Å². The second-order valence-corrected chi connectivity index (χ2v) is 9.22. The molecule has 0 amide bonds. The first-order valence-corrected chi connectivity index (χ1v) is 10.6. The van der Waals surface area contributed by atoms with Crippen LogP contribution in [0.25, 0.3) is 11.4 Å². The van der Waals surface area contributed by atoms with Crippen molar-refractivity contribution in [3.8, 4) is 11.4 Å². The van der Waals surface area contributed by atoms with E-state index in [0.29, 0.717) is 18.1 Å². The number of benzene rings is 1. The van der Waals surface area contributed by atoms with Crippen LogP contribution in [0.4, 0.5) is 0 Å². The minimum absolute atomic E-state index is 0.180. The van der Waals surface area contributed by atoms with Gasteiger partial charge in [0.1, 0.15) is 0 Å². The summed E-state index contributed by atoms with van der Waals surface area (Å²) >= 11 is 0. The third-order valence-electron chi connectivity index (χ3n) is 4.76. The summed E-state index contributed by atoms with van der Waals surface area (Å²) in [6.07, 6.45) is 2.70. The zero-order valence-corrected chi connectivity index (χ0v) is 16.2. The van der Waals surface area contributed by atoms with E-state index in [1.165, 1.54) is 4.31 Å². The van der Waals surface area contributed by atoms with Crippen LogP contribution in [-0.4, -0.2) is 67.2 Å². The highest BCUT2D eigenvalue weighted by atomic mass is 32.2. The van der Waals surface area contributed by atoms with Crippen LogP contribution in [0.5, 0.6) is 0 Å². The first-order chi connectivity index (χ1) is 12.5. The fourth-order valence-electron chi connectivity index (χ4n) is 3.22. The van der Waals surface area contributed by atoms with E-state index in [2.05, 4.69) is 15.0 Å². The number of hydrogen-bond acceptors (Lipinski definition) is 6. The van der Waals surface area contributed by atoms with Gasteiger partial charge < -0.3 is 9.42 Å². The molecule has 1 aromatic carbocycles. The predicted octanol–water partition coefficient (Wildman–Crippen LogP) is 2.20. The van der Waals surface area contributed by atoms with E-state index < -0.39 is 10.0 Å². The Labute approximate surface area is 155 Å². The summed E-state index contributed by atoms with van der Waals surface area (Å²) in [6.45, 7) is 2.58. The van der Waals surface area contributed by atoms with E-state index in [1.54, 1.807) is 14.1 Å². The minimum atomic E-state index is -3.13. The topological polar surface area (TPSA) is 79.5 Å². The number of likely N-dealkylation sites (tertiary alicyclic amines) is 1. The summed E-state index contributed by atoms with van der Waals surface area (Å²) in [4.78, 5) is 6.87. The maximum Gasteiger partial charge on any atom is 0.231 e. The largest absolute Gasteiger partial charge is 0.339 e. The number of aromatic nitrogens is 2. The van der Waals surface area contributed by atoms with Gasteiger partial charge in [0.05, 0.1) is 11.7 Å². The average molecular weight is 378 g/mol. The van der Waals surface area contributed by atoms with Crippen molar-refractivity contribution < 1.29 is 12.9 Å². The third kappa shape index (κ3) is 4.69. The normalized spacial score (nSPS) is 19.1. The first-order valence-electron chi connectivity index (χ1n) is 8.97. The Morgan fingerprint density at radius 1 is 1.27 bits per heavy atom. The highest BCUT2D eigenvalue weighted by Gasteiger charge is 2.26. The summed E-state index contributed by atoms with van der Waals surface area (Å²) in [5.74, 6) is 1.68. The molecular weight excluding hydrogens is 352 g/mol. The molecule has 1 saturated heterocycles. The van der Waals surface area contributed by atoms with E-state index in [-0.39, 0.29) is 11.7 Å². The van der Waals surface area contributed by atoms with Crippen molar-refractivity contribution in [1.29, 1.82) is 0 Å². The SMILES string of the molecule is CN(C)S(=O)(=O)CCCN1CCCC(c2nc(-c3ccccc3)no2)C1. The predicted molar refractivity (Wildman–Crippen MR) is 100 cm³/mol. The zero-order chi connectivity index (χ0) is 18.6. The molecule has 26 heavy (non-hydrogen) atoms. The van der Waals surface area contributed by atoms with Crippen LogP contribution in [0.15, 0.2) is 34.9 Å². The molecule has 2 aromatic rings. The maximum atomic E-state index is 11.9. The number of rotatable bonds is 7. The quantitative estimate of drug-likeness (QED) is 0.735. The second-order valence-electron chi connectivity index (χ2n) is 6.91. The molecule has 7 nitrogen and oxygen atoms in total. The third-order valence-corrected chi connectivity index (χ3v) is 6.68. The number of hydrogen-bond donors (Lipinski definition) is 0. The Hall–Kier alpha value is -1.77. The van der Waals surface area contributed by atoms with Crippen molar-refractivity contribution in [1.82, 2.24) is 19.3 Å². The van der Waals surface area contributed by atoms with Crippen molar-refractivity contribution in [2.24, 2.45) is 0 Å². The molecular formula is C18H26N4O3S. The molecule has 0 bridgehead atoms. The summed E-state index contributed by atoms with van der Waals surface area (Å²) in [5.41, 5.74) is 0.948. The molecule has 0 spiro atoms. The number of sulfonamides is 1. The van der Waals surface area contributed by atoms with Gasteiger partial charge in [-0.05, 0) is 32.4 Å². The summed E-state index contributed by atoms with van der Waals surface area (Å²) in [7, 11) is 0.0249. The van der Waals surface area contributed by atoms with Crippen LogP contribution >= 0.6 is 0 Å². The fourth-order valence-corrected chi connectivity index (χ4v) is 4.08. The highest BCUT2D eigenvalue weighted by molar-refractivity contribution is 7.89. The molecule has 0 saturated carbocycles. The molecule has 8 heteroatoms. The highest BCUT2D eigenvalue weighted by Crippen LogP contribution is 2.27. The van der Waals surface area contributed by atoms with Crippen molar-refractivity contribution in [3.05, 3.63) is 36.2 Å². The van der Waals surface area contributed by atoms with E-state index in [1.807, 2.05) is 30.3 Å². The molecule has 1 fully saturated rings. The van der Waals surface area contributed by atoms with Crippen molar-refractivity contribution in [2.45, 2.75) is 25.2 Å². The van der Waals surface area contributed by atoms with Gasteiger partial charge in [-0.3, -0.25) is 0 Å². The van der Waals surface area contributed by atoms with Gasteiger partial charge in [0.25, 0.3) is 0 Å². The lowest BCUT2D eigenvalue weighted by Crippen LogP contribution is -2.36. The first kappa shape index (κ1) is 19.0. The van der Waals surface area contributed by atoms with Crippen LogP contribution in [0.3, 0.4) is 0 Å². The molecule has 1 aromatic heterocycles. The lowest BCUT2D eigenvalue weighted by atomic mass is 9.98. The molecule has 3 rings (SSSR count). The Kier molecular flexibility index (Phi) is 6.05. The second kappa shape index (κ2) is 8.28. The van der Waals surface area contributed by atoms with Gasteiger partial charge in [-0.2, -0.15) is 4.98 Å². The Balaban J connectivity index is 1.56. The fraction of sp³-hybridized carbons (Fsp3) is 0.556. The molecule has 0 N–H and O–H groups in total. The number of piperidine rings is 1. The van der Waals surface area contributed by atoms with Gasteiger partial charge >= 0.3 is 0 Å². The van der Waals surface area contributed by atoms with Crippen LogP contribution in [0.2, 0.25) is 0 Å². The summed E-state index contributed by atoms with van der Waals surface area (Å²) in [5, 5.41) is 4.11. The zero-order valence-electron chi connectivity index (χ0n) is 15.3. The van der Waals surface area contributed by atoms with Gasteiger partial charge in [0, 0.05) is 26.2 Å². The van der Waals surface area contributed by atoms with Gasteiger partial charge in [0.15, 0.2) is 0 Å². The monoisotopic (exact) mass is 378 g/mol. The molecule has 142 valence electrons. The van der Waals surface area contributed by atoms with Gasteiger partial charge in [-0.15, -0.1) is 0 Å². The molecule has 1 aliphatic heterocycles. The van der Waals surface area contributed by atoms with E-state index in [9.17, 15) is 8.42 Å². The molecule has 1 unspecified atom stereocenters. The summed E-state index contributed by atoms with van der Waals surface area (Å²) in [6, 6.07) is 9.80. The van der Waals surface area contributed by atoms with E-state index in [4.69, 9.17) is 4.52 Å². The van der Waals surface area contributed by atoms with Crippen molar-refractivity contribution in [2.75, 3.05) is 39.5 Å². The lowest BCUT2D eigenvalue weighted by Gasteiger charge is -2.30. The number of nitrogens with zero attached hydrogens (tertiary/aromatic N) is 4. The van der Waals surface area contributed by atoms with E-state index in [0.717, 1.165) is 38.0 Å². The lowest BCUT2D eigenvalue weighted by molar-refractivity contribution is 0.187. The van der Waals surface area contributed by atoms with Crippen LogP contribution in [0, 0.1) is 0 Å². The maximum absolute atomic E-state index is 11.9. The Morgan fingerprint density at radius 2 is 2.04 bits per heavy atom. The minimum Gasteiger partial charge on any atom is -0.339 e. The standard InChI is InChI=1S/C18H26N4O3S/c1-21(2)26(23,24)13-7-12-22-11-6-10-16(14-22)18-19-17(20-25-18)15-8-4-3-5-9-15/h3-5,8-9,16H,6-7,10-14H2,1-2H3. The van der Waals surface area contributed by atoms with Crippen LogP contribution in [-0.2, 0) is 10.0 Å². The van der Waals surface area contributed by atoms with Gasteiger partial charge in [-0.25, -0.2) is 12.7 Å². The molecule has 1 aliphatic rings.